The molecule has 0 saturated heterocycles. The molecule has 0 atom stereocenters. The summed E-state index contributed by atoms with van der Waals surface area (Å²) in [7, 11) is 0. The second kappa shape index (κ2) is 6.35. The van der Waals surface area contributed by atoms with Crippen LogP contribution >= 0.6 is 0 Å². The van der Waals surface area contributed by atoms with Crippen LogP contribution in [0.1, 0.15) is 5.56 Å². The average molecular weight is 282 g/mol. The van der Waals surface area contributed by atoms with Gasteiger partial charge in [0.2, 0.25) is 0 Å². The number of anilines is 1. The van der Waals surface area contributed by atoms with Crippen LogP contribution in [0.5, 0.6) is 5.75 Å². The Morgan fingerprint density at radius 1 is 1.24 bits per heavy atom. The van der Waals surface area contributed by atoms with E-state index in [1.165, 1.54) is 42.5 Å². The van der Waals surface area contributed by atoms with E-state index >= 15 is 0 Å². The lowest BCUT2D eigenvalue weighted by atomic mass is 10.1. The largest absolute Gasteiger partial charge is 0.508 e. The molecule has 2 rings (SSSR count). The van der Waals surface area contributed by atoms with E-state index in [-0.39, 0.29) is 11.3 Å². The molecule has 5 heteroatoms. The van der Waals surface area contributed by atoms with Gasteiger partial charge in [0.15, 0.2) is 0 Å². The summed E-state index contributed by atoms with van der Waals surface area (Å²) in [5.41, 5.74) is 0.796. The van der Waals surface area contributed by atoms with E-state index in [1.807, 2.05) is 0 Å². The zero-order chi connectivity index (χ0) is 15.2. The van der Waals surface area contributed by atoms with Crippen molar-refractivity contribution < 1.29 is 14.3 Å². The molecule has 2 N–H and O–H groups in total. The number of nitrogens with one attached hydrogen (secondary N) is 1. The number of amides is 1. The SMILES string of the molecule is N#C/C(=C\c1cccc(O)c1)C(=O)Nc1ccc(F)cc1. The minimum atomic E-state index is -0.604. The highest BCUT2D eigenvalue weighted by atomic mass is 19.1. The standard InChI is InChI=1S/C16H11FN2O2/c17-13-4-6-14(7-5-13)19-16(21)12(10-18)8-11-2-1-3-15(20)9-11/h1-9,20H,(H,19,21)/b12-8+. The van der Waals surface area contributed by atoms with E-state index in [9.17, 15) is 14.3 Å². The number of carbonyl (C=O) groups is 1. The van der Waals surface area contributed by atoms with Crippen LogP contribution < -0.4 is 5.32 Å². The maximum atomic E-state index is 12.8. The van der Waals surface area contributed by atoms with E-state index in [4.69, 9.17) is 5.26 Å². The van der Waals surface area contributed by atoms with Crippen molar-refractivity contribution in [2.45, 2.75) is 0 Å². The number of phenols is 1. The number of halogens is 1. The van der Waals surface area contributed by atoms with E-state index < -0.39 is 11.7 Å². The minimum Gasteiger partial charge on any atom is -0.508 e. The van der Waals surface area contributed by atoms with Gasteiger partial charge in [-0.1, -0.05) is 12.1 Å². The number of benzene rings is 2. The van der Waals surface area contributed by atoms with E-state index in [1.54, 1.807) is 18.2 Å². The van der Waals surface area contributed by atoms with E-state index in [0.29, 0.717) is 11.3 Å². The maximum Gasteiger partial charge on any atom is 0.266 e. The van der Waals surface area contributed by atoms with Gasteiger partial charge in [0.05, 0.1) is 0 Å². The quantitative estimate of drug-likeness (QED) is 0.671. The Morgan fingerprint density at radius 2 is 1.95 bits per heavy atom. The van der Waals surface area contributed by atoms with Gasteiger partial charge in [0.25, 0.3) is 5.91 Å². The van der Waals surface area contributed by atoms with Crippen LogP contribution in [0.15, 0.2) is 54.1 Å². The van der Waals surface area contributed by atoms with Crippen molar-refractivity contribution in [2.24, 2.45) is 0 Å². The molecule has 0 aromatic heterocycles. The summed E-state index contributed by atoms with van der Waals surface area (Å²) in [6.45, 7) is 0. The number of phenolic OH excluding ortho intramolecular Hbond substituents is 1. The third-order valence-electron chi connectivity index (χ3n) is 2.65. The van der Waals surface area contributed by atoms with Crippen LogP contribution in [0.3, 0.4) is 0 Å². The van der Waals surface area contributed by atoms with Crippen LogP contribution in [0.4, 0.5) is 10.1 Å². The molecule has 0 heterocycles. The zero-order valence-electron chi connectivity index (χ0n) is 10.9. The summed E-state index contributed by atoms with van der Waals surface area (Å²) in [4.78, 5) is 12.0. The van der Waals surface area contributed by atoms with Gasteiger partial charge in [0.1, 0.15) is 23.2 Å². The van der Waals surface area contributed by atoms with Gasteiger partial charge in [-0.3, -0.25) is 4.79 Å². The van der Waals surface area contributed by atoms with Gasteiger partial charge in [-0.05, 0) is 48.0 Å². The predicted octanol–water partition coefficient (Wildman–Crippen LogP) is 3.08. The number of nitriles is 1. The lowest BCUT2D eigenvalue weighted by Crippen LogP contribution is -2.13. The first-order chi connectivity index (χ1) is 10.1. The normalized spacial score (nSPS) is 10.8. The smallest absolute Gasteiger partial charge is 0.266 e. The molecule has 1 amide bonds. The summed E-state index contributed by atoms with van der Waals surface area (Å²) < 4.78 is 12.8. The molecule has 0 aliphatic carbocycles. The monoisotopic (exact) mass is 282 g/mol. The van der Waals surface area contributed by atoms with Gasteiger partial charge in [-0.25, -0.2) is 4.39 Å². The molecule has 104 valence electrons. The van der Waals surface area contributed by atoms with Crippen LogP contribution in [-0.4, -0.2) is 11.0 Å². The number of aromatic hydroxyl groups is 1. The first-order valence-corrected chi connectivity index (χ1v) is 6.06. The Kier molecular flexibility index (Phi) is 4.32. The van der Waals surface area contributed by atoms with Gasteiger partial charge in [0, 0.05) is 5.69 Å². The summed E-state index contributed by atoms with van der Waals surface area (Å²) in [6, 6.07) is 13.2. The minimum absolute atomic E-state index is 0.0417. The second-order valence-corrected chi connectivity index (χ2v) is 4.23. The molecular weight excluding hydrogens is 271 g/mol. The molecule has 0 saturated carbocycles. The van der Waals surface area contributed by atoms with Crippen molar-refractivity contribution in [3.63, 3.8) is 0 Å². The predicted molar refractivity (Wildman–Crippen MR) is 76.7 cm³/mol. The lowest BCUT2D eigenvalue weighted by molar-refractivity contribution is -0.112. The maximum absolute atomic E-state index is 12.8. The van der Waals surface area contributed by atoms with Crippen molar-refractivity contribution in [3.8, 4) is 11.8 Å². The zero-order valence-corrected chi connectivity index (χ0v) is 10.9. The molecule has 0 bridgehead atoms. The lowest BCUT2D eigenvalue weighted by Gasteiger charge is -2.04. The molecule has 0 spiro atoms. The Hall–Kier alpha value is -3.13. The van der Waals surface area contributed by atoms with Gasteiger partial charge >= 0.3 is 0 Å². The fraction of sp³-hybridized carbons (Fsp3) is 0. The molecule has 21 heavy (non-hydrogen) atoms. The fourth-order valence-electron chi connectivity index (χ4n) is 1.66. The first kappa shape index (κ1) is 14.3. The fourth-order valence-corrected chi connectivity index (χ4v) is 1.66. The number of hydrogen-bond donors (Lipinski definition) is 2. The third-order valence-corrected chi connectivity index (χ3v) is 2.65. The van der Waals surface area contributed by atoms with E-state index in [2.05, 4.69) is 5.32 Å². The van der Waals surface area contributed by atoms with Gasteiger partial charge in [-0.15, -0.1) is 0 Å². The number of rotatable bonds is 3. The second-order valence-electron chi connectivity index (χ2n) is 4.23. The molecule has 0 aliphatic heterocycles. The van der Waals surface area contributed by atoms with Crippen molar-refractivity contribution in [3.05, 3.63) is 65.5 Å². The Labute approximate surface area is 120 Å². The highest BCUT2D eigenvalue weighted by Crippen LogP contribution is 2.15. The molecule has 0 unspecified atom stereocenters. The molecule has 2 aromatic rings. The molecule has 0 fully saturated rings. The Balaban J connectivity index is 2.19. The van der Waals surface area contributed by atoms with Gasteiger partial charge < -0.3 is 10.4 Å². The van der Waals surface area contributed by atoms with Gasteiger partial charge in [-0.2, -0.15) is 5.26 Å². The third kappa shape index (κ3) is 3.91. The van der Waals surface area contributed by atoms with Crippen LogP contribution in [-0.2, 0) is 4.79 Å². The number of carbonyl (C=O) groups excluding carboxylic acids is 1. The van der Waals surface area contributed by atoms with E-state index in [0.717, 1.165) is 0 Å². The molecule has 0 radical (unpaired) electrons. The molecule has 2 aromatic carbocycles. The summed E-state index contributed by atoms with van der Waals surface area (Å²) in [6.07, 6.45) is 1.36. The van der Waals surface area contributed by atoms with Crippen LogP contribution in [0.2, 0.25) is 0 Å². The Bertz CT molecular complexity index is 731. The van der Waals surface area contributed by atoms with Crippen molar-refractivity contribution in [1.82, 2.24) is 0 Å². The van der Waals surface area contributed by atoms with Crippen molar-refractivity contribution in [1.29, 1.82) is 5.26 Å². The van der Waals surface area contributed by atoms with Crippen LogP contribution in [0, 0.1) is 17.1 Å². The summed E-state index contributed by atoms with van der Waals surface area (Å²) >= 11 is 0. The summed E-state index contributed by atoms with van der Waals surface area (Å²) in [5.74, 6) is -0.976. The topological polar surface area (TPSA) is 73.1 Å². The highest BCUT2D eigenvalue weighted by molar-refractivity contribution is 6.09. The highest BCUT2D eigenvalue weighted by Gasteiger charge is 2.09. The number of nitrogens with zero attached hydrogens (tertiary/aromatic N) is 1. The van der Waals surface area contributed by atoms with Crippen molar-refractivity contribution in [2.75, 3.05) is 5.32 Å². The molecule has 0 aliphatic rings. The number of hydrogen-bond acceptors (Lipinski definition) is 3. The van der Waals surface area contributed by atoms with Crippen molar-refractivity contribution >= 4 is 17.7 Å². The van der Waals surface area contributed by atoms with Crippen LogP contribution in [0.25, 0.3) is 6.08 Å². The molecule has 4 nitrogen and oxygen atoms in total. The average Bonchev–Trinajstić information content (AvgIpc) is 2.47. The molecular formula is C16H11FN2O2. The first-order valence-electron chi connectivity index (χ1n) is 6.06. The Morgan fingerprint density at radius 3 is 2.57 bits per heavy atom. The summed E-state index contributed by atoms with van der Waals surface area (Å²) in [5, 5.41) is 20.9.